The van der Waals surface area contributed by atoms with Gasteiger partial charge < -0.3 is 10.4 Å². The summed E-state index contributed by atoms with van der Waals surface area (Å²) in [6.45, 7) is 2.45. The molecule has 1 aliphatic heterocycles. The standard InChI is InChI=1S/C16H22N2O3/c19-15(17-10-13-5-2-1-3-6-13)12-18-8-4-7-14(11-18)9-16(20)21/h1-3,5-6,14H,4,7-12H2,(H,17,19)(H,20,21). The second-order valence-electron chi connectivity index (χ2n) is 5.60. The third-order valence-corrected chi connectivity index (χ3v) is 3.77. The Labute approximate surface area is 125 Å². The van der Waals surface area contributed by atoms with Crippen molar-refractivity contribution in [3.63, 3.8) is 0 Å². The van der Waals surface area contributed by atoms with Gasteiger partial charge >= 0.3 is 5.97 Å². The second-order valence-corrected chi connectivity index (χ2v) is 5.60. The fourth-order valence-corrected chi connectivity index (χ4v) is 2.76. The monoisotopic (exact) mass is 290 g/mol. The molecule has 5 nitrogen and oxygen atoms in total. The Balaban J connectivity index is 1.73. The van der Waals surface area contributed by atoms with E-state index < -0.39 is 5.97 Å². The van der Waals surface area contributed by atoms with Crippen LogP contribution < -0.4 is 5.32 Å². The van der Waals surface area contributed by atoms with Gasteiger partial charge in [0.15, 0.2) is 0 Å². The molecule has 1 saturated heterocycles. The Kier molecular flexibility index (Phi) is 5.75. The van der Waals surface area contributed by atoms with E-state index in [0.717, 1.165) is 24.9 Å². The first-order chi connectivity index (χ1) is 10.1. The second kappa shape index (κ2) is 7.78. The molecule has 5 heteroatoms. The van der Waals surface area contributed by atoms with Crippen molar-refractivity contribution in [2.75, 3.05) is 19.6 Å². The first-order valence-electron chi connectivity index (χ1n) is 7.38. The lowest BCUT2D eigenvalue weighted by Crippen LogP contribution is -2.42. The minimum atomic E-state index is -0.754. The first-order valence-corrected chi connectivity index (χ1v) is 7.38. The van der Waals surface area contributed by atoms with Crippen molar-refractivity contribution in [1.82, 2.24) is 10.2 Å². The number of carbonyl (C=O) groups excluding carboxylic acids is 1. The van der Waals surface area contributed by atoms with Gasteiger partial charge in [0, 0.05) is 19.5 Å². The predicted molar refractivity (Wildman–Crippen MR) is 79.7 cm³/mol. The first kappa shape index (κ1) is 15.5. The summed E-state index contributed by atoms with van der Waals surface area (Å²) in [5, 5.41) is 11.8. The van der Waals surface area contributed by atoms with E-state index in [2.05, 4.69) is 10.2 Å². The number of piperidine rings is 1. The maximum absolute atomic E-state index is 11.9. The van der Waals surface area contributed by atoms with Crippen molar-refractivity contribution in [3.05, 3.63) is 35.9 Å². The molecule has 0 aliphatic carbocycles. The maximum Gasteiger partial charge on any atom is 0.303 e. The summed E-state index contributed by atoms with van der Waals surface area (Å²) >= 11 is 0. The number of carboxylic acids is 1. The Hall–Kier alpha value is -1.88. The largest absolute Gasteiger partial charge is 0.481 e. The van der Waals surface area contributed by atoms with Crippen molar-refractivity contribution in [2.24, 2.45) is 5.92 Å². The molecule has 1 unspecified atom stereocenters. The quantitative estimate of drug-likeness (QED) is 0.833. The number of carboxylic acid groups (broad SMARTS) is 1. The molecule has 21 heavy (non-hydrogen) atoms. The van der Waals surface area contributed by atoms with Crippen LogP contribution in [0.15, 0.2) is 30.3 Å². The summed E-state index contributed by atoms with van der Waals surface area (Å²) in [5.74, 6) is -0.594. The molecule has 114 valence electrons. The number of carbonyl (C=O) groups is 2. The van der Waals surface area contributed by atoms with Gasteiger partial charge in [0.1, 0.15) is 0 Å². The number of nitrogens with one attached hydrogen (secondary N) is 1. The van der Waals surface area contributed by atoms with Crippen LogP contribution in [-0.2, 0) is 16.1 Å². The van der Waals surface area contributed by atoms with Crippen LogP contribution in [0.2, 0.25) is 0 Å². The molecule has 1 heterocycles. The molecule has 2 N–H and O–H groups in total. The normalized spacial score (nSPS) is 19.1. The summed E-state index contributed by atoms with van der Waals surface area (Å²) in [6.07, 6.45) is 2.10. The molecule has 0 saturated carbocycles. The molecule has 1 amide bonds. The molecule has 0 aromatic heterocycles. The zero-order chi connectivity index (χ0) is 15.1. The maximum atomic E-state index is 11.9. The molecule has 2 rings (SSSR count). The van der Waals surface area contributed by atoms with E-state index in [9.17, 15) is 9.59 Å². The zero-order valence-electron chi connectivity index (χ0n) is 12.1. The molecule has 1 aromatic rings. The van der Waals surface area contributed by atoms with E-state index in [1.807, 2.05) is 30.3 Å². The molecule has 0 spiro atoms. The minimum Gasteiger partial charge on any atom is -0.481 e. The van der Waals surface area contributed by atoms with Crippen LogP contribution in [-0.4, -0.2) is 41.5 Å². The van der Waals surface area contributed by atoms with Gasteiger partial charge in [0.2, 0.25) is 5.91 Å². The summed E-state index contributed by atoms with van der Waals surface area (Å²) < 4.78 is 0. The SMILES string of the molecule is O=C(O)CC1CCCN(CC(=O)NCc2ccccc2)C1. The molecule has 1 atom stereocenters. The molecule has 0 radical (unpaired) electrons. The van der Waals surface area contributed by atoms with E-state index in [0.29, 0.717) is 19.6 Å². The van der Waals surface area contributed by atoms with E-state index in [-0.39, 0.29) is 18.2 Å². The van der Waals surface area contributed by atoms with Crippen LogP contribution in [0, 0.1) is 5.92 Å². The van der Waals surface area contributed by atoms with Crippen LogP contribution in [0.5, 0.6) is 0 Å². The highest BCUT2D eigenvalue weighted by Crippen LogP contribution is 2.19. The number of rotatable bonds is 6. The Bertz CT molecular complexity index is 476. The highest BCUT2D eigenvalue weighted by atomic mass is 16.4. The van der Waals surface area contributed by atoms with Crippen molar-refractivity contribution in [1.29, 1.82) is 0 Å². The Morgan fingerprint density at radius 1 is 1.29 bits per heavy atom. The lowest BCUT2D eigenvalue weighted by atomic mass is 9.95. The molecule has 0 bridgehead atoms. The fraction of sp³-hybridized carbons (Fsp3) is 0.500. The topological polar surface area (TPSA) is 69.6 Å². The van der Waals surface area contributed by atoms with Gasteiger partial charge in [-0.15, -0.1) is 0 Å². The molecular weight excluding hydrogens is 268 g/mol. The average molecular weight is 290 g/mol. The molecular formula is C16H22N2O3. The molecule has 1 aromatic carbocycles. The number of benzene rings is 1. The number of hydrogen-bond donors (Lipinski definition) is 2. The third kappa shape index (κ3) is 5.55. The van der Waals surface area contributed by atoms with Crippen molar-refractivity contribution < 1.29 is 14.7 Å². The van der Waals surface area contributed by atoms with E-state index in [4.69, 9.17) is 5.11 Å². The van der Waals surface area contributed by atoms with Gasteiger partial charge in [0.05, 0.1) is 6.54 Å². The van der Waals surface area contributed by atoms with Crippen molar-refractivity contribution >= 4 is 11.9 Å². The Morgan fingerprint density at radius 2 is 2.05 bits per heavy atom. The van der Waals surface area contributed by atoms with Gasteiger partial charge in [-0.2, -0.15) is 0 Å². The lowest BCUT2D eigenvalue weighted by molar-refractivity contribution is -0.138. The van der Waals surface area contributed by atoms with E-state index >= 15 is 0 Å². The third-order valence-electron chi connectivity index (χ3n) is 3.77. The number of aliphatic carboxylic acids is 1. The number of nitrogens with zero attached hydrogens (tertiary/aromatic N) is 1. The van der Waals surface area contributed by atoms with Crippen LogP contribution >= 0.6 is 0 Å². The summed E-state index contributed by atoms with van der Waals surface area (Å²) in [4.78, 5) is 24.8. The summed E-state index contributed by atoms with van der Waals surface area (Å²) in [5.41, 5.74) is 1.08. The van der Waals surface area contributed by atoms with Gasteiger partial charge in [-0.3, -0.25) is 14.5 Å². The predicted octanol–water partition coefficient (Wildman–Crippen LogP) is 1.49. The van der Waals surface area contributed by atoms with Crippen molar-refractivity contribution in [2.45, 2.75) is 25.8 Å². The molecule has 1 fully saturated rings. The molecule has 1 aliphatic rings. The number of hydrogen-bond acceptors (Lipinski definition) is 3. The van der Waals surface area contributed by atoms with Gasteiger partial charge in [0.25, 0.3) is 0 Å². The van der Waals surface area contributed by atoms with Gasteiger partial charge in [-0.05, 0) is 30.9 Å². The lowest BCUT2D eigenvalue weighted by Gasteiger charge is -2.31. The number of likely N-dealkylation sites (tertiary alicyclic amines) is 1. The zero-order valence-corrected chi connectivity index (χ0v) is 12.1. The van der Waals surface area contributed by atoms with Crippen LogP contribution in [0.3, 0.4) is 0 Å². The van der Waals surface area contributed by atoms with Crippen molar-refractivity contribution in [3.8, 4) is 0 Å². The average Bonchev–Trinajstić information content (AvgIpc) is 2.46. The Morgan fingerprint density at radius 3 is 2.76 bits per heavy atom. The highest BCUT2D eigenvalue weighted by Gasteiger charge is 2.23. The van der Waals surface area contributed by atoms with Crippen LogP contribution in [0.25, 0.3) is 0 Å². The fourth-order valence-electron chi connectivity index (χ4n) is 2.76. The van der Waals surface area contributed by atoms with E-state index in [1.54, 1.807) is 0 Å². The minimum absolute atomic E-state index is 0.00479. The van der Waals surface area contributed by atoms with Gasteiger partial charge in [-0.25, -0.2) is 0 Å². The van der Waals surface area contributed by atoms with Crippen LogP contribution in [0.4, 0.5) is 0 Å². The van der Waals surface area contributed by atoms with Crippen LogP contribution in [0.1, 0.15) is 24.8 Å². The summed E-state index contributed by atoms with van der Waals surface area (Å²) in [7, 11) is 0. The van der Waals surface area contributed by atoms with Gasteiger partial charge in [-0.1, -0.05) is 30.3 Å². The highest BCUT2D eigenvalue weighted by molar-refractivity contribution is 5.78. The number of amides is 1. The van der Waals surface area contributed by atoms with E-state index in [1.165, 1.54) is 0 Å². The summed E-state index contributed by atoms with van der Waals surface area (Å²) in [6, 6.07) is 9.79. The smallest absolute Gasteiger partial charge is 0.303 e.